The molecule has 0 radical (unpaired) electrons. The van der Waals surface area contributed by atoms with E-state index in [0.717, 1.165) is 18.8 Å². The fourth-order valence-electron chi connectivity index (χ4n) is 2.33. The van der Waals surface area contributed by atoms with Crippen LogP contribution in [0.5, 0.6) is 0 Å². The van der Waals surface area contributed by atoms with Gasteiger partial charge in [0.2, 0.25) is 10.0 Å². The molecule has 1 aromatic rings. The van der Waals surface area contributed by atoms with Crippen molar-refractivity contribution in [2.24, 2.45) is 0 Å². The van der Waals surface area contributed by atoms with Crippen LogP contribution in [-0.2, 0) is 10.0 Å². The van der Waals surface area contributed by atoms with Gasteiger partial charge < -0.3 is 10.6 Å². The number of nitrogen functional groups attached to an aromatic ring is 1. The van der Waals surface area contributed by atoms with Gasteiger partial charge in [0.15, 0.2) is 0 Å². The summed E-state index contributed by atoms with van der Waals surface area (Å²) in [5.74, 6) is 0. The molecule has 5 nitrogen and oxygen atoms in total. The van der Waals surface area contributed by atoms with Gasteiger partial charge in [0.1, 0.15) is 0 Å². The molecule has 1 fully saturated rings. The number of nitrogens with two attached hydrogens (primary N) is 1. The highest BCUT2D eigenvalue weighted by molar-refractivity contribution is 7.92. The van der Waals surface area contributed by atoms with E-state index in [1.807, 2.05) is 12.1 Å². The summed E-state index contributed by atoms with van der Waals surface area (Å²) in [7, 11) is -1.76. The van der Waals surface area contributed by atoms with E-state index in [9.17, 15) is 8.42 Å². The van der Waals surface area contributed by atoms with E-state index in [1.54, 1.807) is 6.07 Å². The first-order valence-corrected chi connectivity index (χ1v) is 8.33. The van der Waals surface area contributed by atoms with E-state index in [-0.39, 0.29) is 0 Å². The summed E-state index contributed by atoms with van der Waals surface area (Å²) >= 11 is 0. The number of sulfonamides is 1. The van der Waals surface area contributed by atoms with Crippen LogP contribution in [-0.4, -0.2) is 34.8 Å². The molecule has 1 saturated heterocycles. The van der Waals surface area contributed by atoms with Crippen LogP contribution >= 0.6 is 0 Å². The van der Waals surface area contributed by atoms with Gasteiger partial charge in [0.05, 0.1) is 17.6 Å². The molecule has 1 aromatic carbocycles. The number of hydrogen-bond acceptors (Lipinski definition) is 4. The predicted molar refractivity (Wildman–Crippen MR) is 80.2 cm³/mol. The Hall–Kier alpha value is -1.43. The number of hydrogen-bond donors (Lipinski definition) is 1. The molecule has 6 heteroatoms. The van der Waals surface area contributed by atoms with Gasteiger partial charge in [-0.15, -0.1) is 0 Å². The molecule has 19 heavy (non-hydrogen) atoms. The number of benzene rings is 1. The maximum Gasteiger partial charge on any atom is 0.232 e. The van der Waals surface area contributed by atoms with E-state index in [2.05, 4.69) is 4.90 Å². The standard InChI is InChI=1S/C13H21N3O2S/c1-15(19(2,17)18)13-10-11(6-7-12(13)14)16-8-4-3-5-9-16/h6-7,10H,3-5,8-9,14H2,1-2H3. The molecule has 1 aliphatic rings. The molecule has 0 amide bonds. The fraction of sp³-hybridized carbons (Fsp3) is 0.538. The lowest BCUT2D eigenvalue weighted by atomic mass is 10.1. The van der Waals surface area contributed by atoms with Gasteiger partial charge in [0.25, 0.3) is 0 Å². The Labute approximate surface area is 115 Å². The van der Waals surface area contributed by atoms with E-state index < -0.39 is 10.0 Å². The molecule has 2 N–H and O–H groups in total. The highest BCUT2D eigenvalue weighted by atomic mass is 32.2. The van der Waals surface area contributed by atoms with Crippen LogP contribution in [0.15, 0.2) is 18.2 Å². The highest BCUT2D eigenvalue weighted by Crippen LogP contribution is 2.30. The predicted octanol–water partition coefficient (Wildman–Crippen LogP) is 1.65. The third-order valence-electron chi connectivity index (χ3n) is 3.57. The number of rotatable bonds is 3. The van der Waals surface area contributed by atoms with E-state index in [4.69, 9.17) is 5.73 Å². The van der Waals surface area contributed by atoms with Crippen molar-refractivity contribution < 1.29 is 8.42 Å². The van der Waals surface area contributed by atoms with Crippen LogP contribution in [0.25, 0.3) is 0 Å². The Kier molecular flexibility index (Phi) is 3.89. The summed E-state index contributed by atoms with van der Waals surface area (Å²) in [5.41, 5.74) is 7.96. The third-order valence-corrected chi connectivity index (χ3v) is 4.76. The second kappa shape index (κ2) is 5.28. The molecule has 2 rings (SSSR count). The molecule has 0 aromatic heterocycles. The summed E-state index contributed by atoms with van der Waals surface area (Å²) in [5, 5.41) is 0. The smallest absolute Gasteiger partial charge is 0.232 e. The summed E-state index contributed by atoms with van der Waals surface area (Å²) < 4.78 is 24.5. The Morgan fingerprint density at radius 1 is 1.21 bits per heavy atom. The van der Waals surface area contributed by atoms with Crippen molar-refractivity contribution in [2.45, 2.75) is 19.3 Å². The van der Waals surface area contributed by atoms with Gasteiger partial charge in [0, 0.05) is 25.8 Å². The van der Waals surface area contributed by atoms with Crippen molar-refractivity contribution in [1.29, 1.82) is 0 Å². The first-order valence-electron chi connectivity index (χ1n) is 6.48. The van der Waals surface area contributed by atoms with Gasteiger partial charge in [-0.05, 0) is 37.5 Å². The molecule has 0 unspecified atom stereocenters. The number of anilines is 3. The zero-order valence-corrected chi connectivity index (χ0v) is 12.3. The Morgan fingerprint density at radius 3 is 2.42 bits per heavy atom. The first kappa shape index (κ1) is 14.0. The molecule has 0 saturated carbocycles. The largest absolute Gasteiger partial charge is 0.397 e. The minimum atomic E-state index is -3.29. The zero-order valence-electron chi connectivity index (χ0n) is 11.5. The van der Waals surface area contributed by atoms with Crippen LogP contribution in [0, 0.1) is 0 Å². The summed E-state index contributed by atoms with van der Waals surface area (Å²) in [6.45, 7) is 2.04. The molecule has 0 aliphatic carbocycles. The maximum absolute atomic E-state index is 11.6. The van der Waals surface area contributed by atoms with Gasteiger partial charge in [-0.1, -0.05) is 0 Å². The third kappa shape index (κ3) is 3.12. The molecule has 0 spiro atoms. The zero-order chi connectivity index (χ0) is 14.0. The molecule has 106 valence electrons. The van der Waals surface area contributed by atoms with Crippen LogP contribution in [0.3, 0.4) is 0 Å². The number of nitrogens with zero attached hydrogens (tertiary/aromatic N) is 2. The Morgan fingerprint density at radius 2 is 1.84 bits per heavy atom. The van der Waals surface area contributed by atoms with Crippen molar-refractivity contribution in [1.82, 2.24) is 0 Å². The Bertz CT molecular complexity index is 551. The lowest BCUT2D eigenvalue weighted by molar-refractivity contribution is 0.578. The fourth-order valence-corrected chi connectivity index (χ4v) is 2.85. The number of piperidine rings is 1. The van der Waals surface area contributed by atoms with Crippen molar-refractivity contribution in [3.05, 3.63) is 18.2 Å². The van der Waals surface area contributed by atoms with Gasteiger partial charge in [-0.25, -0.2) is 8.42 Å². The molecule has 0 atom stereocenters. The normalized spacial score (nSPS) is 16.4. The monoisotopic (exact) mass is 283 g/mol. The first-order chi connectivity index (χ1) is 8.89. The van der Waals surface area contributed by atoms with Gasteiger partial charge in [-0.3, -0.25) is 4.31 Å². The quantitative estimate of drug-likeness (QED) is 0.857. The topological polar surface area (TPSA) is 66.6 Å². The van der Waals surface area contributed by atoms with Crippen molar-refractivity contribution in [3.8, 4) is 0 Å². The summed E-state index contributed by atoms with van der Waals surface area (Å²) in [6.07, 6.45) is 4.81. The SMILES string of the molecule is CN(c1cc(N2CCCCC2)ccc1N)S(C)(=O)=O. The Balaban J connectivity index is 2.34. The van der Waals surface area contributed by atoms with Crippen LogP contribution in [0.4, 0.5) is 17.1 Å². The molecule has 1 aliphatic heterocycles. The molecule has 1 heterocycles. The van der Waals surface area contributed by atoms with Crippen LogP contribution < -0.4 is 14.9 Å². The summed E-state index contributed by atoms with van der Waals surface area (Å²) in [4.78, 5) is 2.28. The van der Waals surface area contributed by atoms with Crippen LogP contribution in [0.2, 0.25) is 0 Å². The van der Waals surface area contributed by atoms with Crippen molar-refractivity contribution in [2.75, 3.05) is 41.3 Å². The lowest BCUT2D eigenvalue weighted by Gasteiger charge is -2.30. The molecular weight excluding hydrogens is 262 g/mol. The lowest BCUT2D eigenvalue weighted by Crippen LogP contribution is -2.30. The van der Waals surface area contributed by atoms with E-state index in [1.165, 1.54) is 36.9 Å². The van der Waals surface area contributed by atoms with E-state index in [0.29, 0.717) is 11.4 Å². The highest BCUT2D eigenvalue weighted by Gasteiger charge is 2.17. The summed E-state index contributed by atoms with van der Waals surface area (Å²) in [6, 6.07) is 5.60. The average molecular weight is 283 g/mol. The molecular formula is C13H21N3O2S. The average Bonchev–Trinajstić information content (AvgIpc) is 2.38. The second-order valence-electron chi connectivity index (χ2n) is 5.02. The second-order valence-corrected chi connectivity index (χ2v) is 7.04. The van der Waals surface area contributed by atoms with E-state index >= 15 is 0 Å². The van der Waals surface area contributed by atoms with Gasteiger partial charge >= 0.3 is 0 Å². The molecule has 0 bridgehead atoms. The van der Waals surface area contributed by atoms with Gasteiger partial charge in [-0.2, -0.15) is 0 Å². The minimum Gasteiger partial charge on any atom is -0.397 e. The van der Waals surface area contributed by atoms with Crippen molar-refractivity contribution >= 4 is 27.1 Å². The van der Waals surface area contributed by atoms with Crippen LogP contribution in [0.1, 0.15) is 19.3 Å². The van der Waals surface area contributed by atoms with Crippen molar-refractivity contribution in [3.63, 3.8) is 0 Å². The minimum absolute atomic E-state index is 0.480. The maximum atomic E-state index is 11.6.